The Morgan fingerprint density at radius 1 is 1.38 bits per heavy atom. The molecule has 0 fully saturated rings. The number of hydrogen-bond acceptors (Lipinski definition) is 3. The minimum Gasteiger partial charge on any atom is -0.456 e. The van der Waals surface area contributed by atoms with E-state index in [1.807, 2.05) is 6.92 Å². The topological polar surface area (TPSA) is 68.3 Å². The zero-order chi connectivity index (χ0) is 15.2. The molecule has 2 aromatic rings. The summed E-state index contributed by atoms with van der Waals surface area (Å²) in [7, 11) is 0. The van der Waals surface area contributed by atoms with E-state index in [1.54, 1.807) is 30.3 Å². The van der Waals surface area contributed by atoms with Crippen molar-refractivity contribution in [2.75, 3.05) is 11.9 Å². The van der Waals surface area contributed by atoms with Gasteiger partial charge in [-0.2, -0.15) is 0 Å². The van der Waals surface area contributed by atoms with E-state index in [-0.39, 0.29) is 18.2 Å². The lowest BCUT2D eigenvalue weighted by atomic mass is 10.1. The second-order valence-corrected chi connectivity index (χ2v) is 4.71. The van der Waals surface area contributed by atoms with Crippen LogP contribution in [-0.4, -0.2) is 12.5 Å². The van der Waals surface area contributed by atoms with Gasteiger partial charge in [0, 0.05) is 17.0 Å². The first-order chi connectivity index (χ1) is 10.1. The summed E-state index contributed by atoms with van der Waals surface area (Å²) >= 11 is 5.94. The van der Waals surface area contributed by atoms with Crippen LogP contribution in [0.4, 0.5) is 5.69 Å². The van der Waals surface area contributed by atoms with Crippen molar-refractivity contribution in [2.45, 2.75) is 13.3 Å². The molecule has 0 atom stereocenters. The van der Waals surface area contributed by atoms with Gasteiger partial charge in [0.25, 0.3) is 5.91 Å². The van der Waals surface area contributed by atoms with Crippen LogP contribution < -0.4 is 11.1 Å². The number of aryl methyl sites for hydroxylation is 1. The fourth-order valence-corrected chi connectivity index (χ4v) is 1.92. The van der Waals surface area contributed by atoms with Crippen molar-refractivity contribution in [1.29, 1.82) is 0 Å². The minimum atomic E-state index is -0.326. The van der Waals surface area contributed by atoms with Gasteiger partial charge in [-0.05, 0) is 30.3 Å². The predicted octanol–water partition coefficient (Wildman–Crippen LogP) is 3.06. The lowest BCUT2D eigenvalue weighted by Crippen LogP contribution is -2.12. The molecule has 2 rings (SSSR count). The van der Waals surface area contributed by atoms with E-state index in [0.717, 1.165) is 12.2 Å². The first kappa shape index (κ1) is 15.2. The molecule has 0 radical (unpaired) electrons. The normalized spacial score (nSPS) is 9.86. The number of halogens is 1. The van der Waals surface area contributed by atoms with Crippen molar-refractivity contribution in [3.8, 4) is 11.8 Å². The first-order valence-corrected chi connectivity index (χ1v) is 6.90. The van der Waals surface area contributed by atoms with Gasteiger partial charge in [0.15, 0.2) is 5.76 Å². The molecule has 3 N–H and O–H groups in total. The number of carbonyl (C=O) groups is 1. The van der Waals surface area contributed by atoms with Crippen molar-refractivity contribution in [3.63, 3.8) is 0 Å². The summed E-state index contributed by atoms with van der Waals surface area (Å²) in [6.45, 7) is 2.19. The summed E-state index contributed by atoms with van der Waals surface area (Å²) in [6, 6.07) is 8.50. The Kier molecular flexibility index (Phi) is 5.04. The van der Waals surface area contributed by atoms with Crippen molar-refractivity contribution in [2.24, 2.45) is 5.73 Å². The van der Waals surface area contributed by atoms with E-state index in [4.69, 9.17) is 21.8 Å². The number of carbonyl (C=O) groups excluding carboxylic acids is 1. The highest BCUT2D eigenvalue weighted by atomic mass is 35.5. The molecule has 0 saturated heterocycles. The average molecular weight is 303 g/mol. The number of anilines is 1. The molecular formula is C16H15ClN2O2. The highest BCUT2D eigenvalue weighted by Crippen LogP contribution is 2.21. The second-order valence-electron chi connectivity index (χ2n) is 4.27. The number of amides is 1. The summed E-state index contributed by atoms with van der Waals surface area (Å²) in [5, 5.41) is 3.31. The standard InChI is InChI=1S/C16H15ClN2O2/c1-2-13-6-8-15(21-13)16(20)19-14-7-5-12(17)10-11(14)4-3-9-18/h5-8,10H,2,9,18H2,1H3,(H,19,20). The predicted molar refractivity (Wildman–Crippen MR) is 83.4 cm³/mol. The van der Waals surface area contributed by atoms with Crippen LogP contribution in [0, 0.1) is 11.8 Å². The monoisotopic (exact) mass is 302 g/mol. The van der Waals surface area contributed by atoms with Gasteiger partial charge in [-0.1, -0.05) is 30.4 Å². The molecule has 0 spiro atoms. The maximum absolute atomic E-state index is 12.1. The third-order valence-electron chi connectivity index (χ3n) is 2.79. The number of nitrogens with two attached hydrogens (primary N) is 1. The summed E-state index contributed by atoms with van der Waals surface area (Å²) in [4.78, 5) is 12.1. The van der Waals surface area contributed by atoms with E-state index in [0.29, 0.717) is 16.3 Å². The molecule has 108 valence electrons. The Balaban J connectivity index is 2.24. The van der Waals surface area contributed by atoms with Crippen LogP contribution >= 0.6 is 11.6 Å². The average Bonchev–Trinajstić information content (AvgIpc) is 2.96. The molecule has 0 aliphatic carbocycles. The maximum atomic E-state index is 12.1. The van der Waals surface area contributed by atoms with Gasteiger partial charge in [-0.25, -0.2) is 0 Å². The molecule has 1 aromatic carbocycles. The molecule has 1 heterocycles. The lowest BCUT2D eigenvalue weighted by molar-refractivity contribution is 0.0995. The molecule has 21 heavy (non-hydrogen) atoms. The molecular weight excluding hydrogens is 288 g/mol. The van der Waals surface area contributed by atoms with Gasteiger partial charge in [-0.15, -0.1) is 0 Å². The van der Waals surface area contributed by atoms with Gasteiger partial charge in [0.05, 0.1) is 12.2 Å². The Morgan fingerprint density at radius 2 is 2.19 bits per heavy atom. The molecule has 0 aliphatic rings. The van der Waals surface area contributed by atoms with E-state index in [9.17, 15) is 4.79 Å². The maximum Gasteiger partial charge on any atom is 0.291 e. The third kappa shape index (κ3) is 3.88. The van der Waals surface area contributed by atoms with Crippen molar-refractivity contribution in [3.05, 3.63) is 52.4 Å². The number of benzene rings is 1. The summed E-state index contributed by atoms with van der Waals surface area (Å²) in [5.74, 6) is 6.33. The Bertz CT molecular complexity index is 711. The molecule has 0 saturated carbocycles. The van der Waals surface area contributed by atoms with Crippen molar-refractivity contribution in [1.82, 2.24) is 0 Å². The minimum absolute atomic E-state index is 0.234. The fraction of sp³-hybridized carbons (Fsp3) is 0.188. The molecule has 0 bridgehead atoms. The molecule has 4 nitrogen and oxygen atoms in total. The smallest absolute Gasteiger partial charge is 0.291 e. The summed E-state index contributed by atoms with van der Waals surface area (Å²) in [5.41, 5.74) is 6.55. The number of hydrogen-bond donors (Lipinski definition) is 2. The molecule has 1 amide bonds. The summed E-state index contributed by atoms with van der Waals surface area (Å²) in [6.07, 6.45) is 0.738. The Labute approximate surface area is 128 Å². The van der Waals surface area contributed by atoms with E-state index in [1.165, 1.54) is 0 Å². The van der Waals surface area contributed by atoms with Crippen LogP contribution in [0.15, 0.2) is 34.7 Å². The lowest BCUT2D eigenvalue weighted by Gasteiger charge is -2.06. The Hall–Kier alpha value is -2.22. The van der Waals surface area contributed by atoms with Crippen molar-refractivity contribution >= 4 is 23.2 Å². The van der Waals surface area contributed by atoms with Gasteiger partial charge in [0.2, 0.25) is 0 Å². The molecule has 1 aromatic heterocycles. The van der Waals surface area contributed by atoms with E-state index in [2.05, 4.69) is 17.2 Å². The van der Waals surface area contributed by atoms with Crippen LogP contribution in [-0.2, 0) is 6.42 Å². The highest BCUT2D eigenvalue weighted by molar-refractivity contribution is 6.30. The molecule has 5 heteroatoms. The number of furan rings is 1. The zero-order valence-corrected chi connectivity index (χ0v) is 12.3. The molecule has 0 aliphatic heterocycles. The zero-order valence-electron chi connectivity index (χ0n) is 11.6. The summed E-state index contributed by atoms with van der Waals surface area (Å²) < 4.78 is 5.42. The quantitative estimate of drug-likeness (QED) is 0.856. The van der Waals surface area contributed by atoms with Crippen LogP contribution in [0.25, 0.3) is 0 Å². The number of nitrogens with one attached hydrogen (secondary N) is 1. The fourth-order valence-electron chi connectivity index (χ4n) is 1.75. The van der Waals surface area contributed by atoms with Crippen LogP contribution in [0.2, 0.25) is 5.02 Å². The second kappa shape index (κ2) is 6.98. The van der Waals surface area contributed by atoms with Crippen LogP contribution in [0.5, 0.6) is 0 Å². The van der Waals surface area contributed by atoms with E-state index >= 15 is 0 Å². The van der Waals surface area contributed by atoms with Gasteiger partial charge in [-0.3, -0.25) is 4.79 Å². The Morgan fingerprint density at radius 3 is 2.86 bits per heavy atom. The highest BCUT2D eigenvalue weighted by Gasteiger charge is 2.12. The van der Waals surface area contributed by atoms with Gasteiger partial charge >= 0.3 is 0 Å². The SMILES string of the molecule is CCc1ccc(C(=O)Nc2ccc(Cl)cc2C#CCN)o1. The van der Waals surface area contributed by atoms with E-state index < -0.39 is 0 Å². The third-order valence-corrected chi connectivity index (χ3v) is 3.02. The first-order valence-electron chi connectivity index (χ1n) is 6.52. The van der Waals surface area contributed by atoms with Crippen molar-refractivity contribution < 1.29 is 9.21 Å². The molecule has 0 unspecified atom stereocenters. The largest absolute Gasteiger partial charge is 0.456 e. The van der Waals surface area contributed by atoms with Gasteiger partial charge in [0.1, 0.15) is 5.76 Å². The van der Waals surface area contributed by atoms with Crippen LogP contribution in [0.3, 0.4) is 0 Å². The van der Waals surface area contributed by atoms with Gasteiger partial charge < -0.3 is 15.5 Å². The van der Waals surface area contributed by atoms with Crippen LogP contribution in [0.1, 0.15) is 28.8 Å². The number of rotatable bonds is 3.